The molecule has 3 heteroatoms. The number of nitriles is 1. The van der Waals surface area contributed by atoms with Crippen molar-refractivity contribution in [1.82, 2.24) is 0 Å². The van der Waals surface area contributed by atoms with E-state index in [1.165, 1.54) is 5.30 Å². The average Bonchev–Trinajstić information content (AvgIpc) is 2.53. The fourth-order valence-electron chi connectivity index (χ4n) is 1.93. The Hall–Kier alpha value is -2.07. The van der Waals surface area contributed by atoms with Crippen LogP contribution >= 0.6 is 7.55 Å². The third-order valence-electron chi connectivity index (χ3n) is 3.12. The zero-order valence-corrected chi connectivity index (χ0v) is 12.2. The first kappa shape index (κ1) is 14.3. The molecule has 0 aliphatic heterocycles. The van der Waals surface area contributed by atoms with Crippen LogP contribution < -0.4 is 11.0 Å². The van der Waals surface area contributed by atoms with Crippen molar-refractivity contribution in [2.45, 2.75) is 6.54 Å². The van der Waals surface area contributed by atoms with Gasteiger partial charge in [0, 0.05) is 6.54 Å². The summed E-state index contributed by atoms with van der Waals surface area (Å²) in [6.07, 6.45) is 6.33. The van der Waals surface area contributed by atoms with Gasteiger partial charge < -0.3 is 5.73 Å². The fraction of sp³-hybridized carbons (Fsp3) is 0.0588. The topological polar surface area (TPSA) is 49.8 Å². The molecule has 0 heterocycles. The van der Waals surface area contributed by atoms with Crippen LogP contribution in [0.1, 0.15) is 16.7 Å². The Kier molecular flexibility index (Phi) is 4.96. The fourth-order valence-corrected chi connectivity index (χ4v) is 3.10. The largest absolute Gasteiger partial charge is 0.326 e. The molecule has 2 aromatic carbocycles. The van der Waals surface area contributed by atoms with E-state index in [2.05, 4.69) is 30.3 Å². The molecule has 2 N–H and O–H groups in total. The second kappa shape index (κ2) is 6.91. The van der Waals surface area contributed by atoms with Gasteiger partial charge in [0.1, 0.15) is 0 Å². The van der Waals surface area contributed by atoms with E-state index < -0.39 is 7.55 Å². The molecular formula is C17H17N2P. The zero-order chi connectivity index (χ0) is 14.4. The maximum Gasteiger partial charge on any atom is 0.0991 e. The molecule has 0 aromatic heterocycles. The van der Waals surface area contributed by atoms with Crippen molar-refractivity contribution in [3.8, 4) is 6.07 Å². The standard InChI is InChI=1S/C17H17N2P/c1-20(17-8-6-14(12-18)7-9-17)11-10-15-4-2-3-5-16(15)13-19/h2-11,20H,1,13,19H2/b11-10+. The van der Waals surface area contributed by atoms with Gasteiger partial charge in [-0.1, -0.05) is 62.1 Å². The lowest BCUT2D eigenvalue weighted by Gasteiger charge is -2.04. The molecular weight excluding hydrogens is 263 g/mol. The molecule has 0 fully saturated rings. The van der Waals surface area contributed by atoms with Gasteiger partial charge in [0.25, 0.3) is 0 Å². The molecule has 100 valence electrons. The van der Waals surface area contributed by atoms with Crippen molar-refractivity contribution < 1.29 is 0 Å². The molecule has 2 aromatic rings. The Bertz CT molecular complexity index is 679. The Morgan fingerprint density at radius 3 is 2.50 bits per heavy atom. The lowest BCUT2D eigenvalue weighted by atomic mass is 10.1. The summed E-state index contributed by atoms with van der Waals surface area (Å²) in [5.74, 6) is 2.15. The summed E-state index contributed by atoms with van der Waals surface area (Å²) < 4.78 is 0. The normalized spacial score (nSPS) is 12.2. The van der Waals surface area contributed by atoms with Gasteiger partial charge in [-0.25, -0.2) is 0 Å². The Morgan fingerprint density at radius 2 is 1.85 bits per heavy atom. The van der Waals surface area contributed by atoms with Gasteiger partial charge in [0.2, 0.25) is 0 Å². The first-order chi connectivity index (χ1) is 9.74. The van der Waals surface area contributed by atoms with Gasteiger partial charge in [0.15, 0.2) is 0 Å². The molecule has 1 unspecified atom stereocenters. The van der Waals surface area contributed by atoms with Gasteiger partial charge in [-0.15, -0.1) is 0 Å². The van der Waals surface area contributed by atoms with Crippen molar-refractivity contribution in [2.24, 2.45) is 5.73 Å². The van der Waals surface area contributed by atoms with Crippen LogP contribution in [0.25, 0.3) is 6.08 Å². The number of benzene rings is 2. The summed E-state index contributed by atoms with van der Waals surface area (Å²) >= 11 is 0. The third-order valence-corrected chi connectivity index (χ3v) is 4.77. The lowest BCUT2D eigenvalue weighted by molar-refractivity contribution is 1.07. The van der Waals surface area contributed by atoms with Crippen LogP contribution in [-0.2, 0) is 6.54 Å². The molecule has 0 aliphatic rings. The molecule has 1 atom stereocenters. The van der Waals surface area contributed by atoms with Crippen molar-refractivity contribution in [3.05, 3.63) is 71.0 Å². The van der Waals surface area contributed by atoms with E-state index in [1.54, 1.807) is 0 Å². The van der Waals surface area contributed by atoms with Crippen molar-refractivity contribution in [1.29, 1.82) is 5.26 Å². The number of hydrogen-bond acceptors (Lipinski definition) is 2. The highest BCUT2D eigenvalue weighted by molar-refractivity contribution is 7.66. The molecule has 0 saturated carbocycles. The van der Waals surface area contributed by atoms with Crippen LogP contribution in [0.5, 0.6) is 0 Å². The summed E-state index contributed by atoms with van der Waals surface area (Å²) in [7, 11) is -0.995. The molecule has 0 amide bonds. The van der Waals surface area contributed by atoms with Crippen molar-refractivity contribution in [2.75, 3.05) is 0 Å². The predicted molar refractivity (Wildman–Crippen MR) is 89.6 cm³/mol. The predicted octanol–water partition coefficient (Wildman–Crippen LogP) is 2.96. The van der Waals surface area contributed by atoms with Gasteiger partial charge in [-0.05, 0) is 28.6 Å². The van der Waals surface area contributed by atoms with Crippen LogP contribution in [0.4, 0.5) is 0 Å². The third kappa shape index (κ3) is 3.48. The molecule has 2 rings (SSSR count). The first-order valence-electron chi connectivity index (χ1n) is 6.40. The SMILES string of the molecule is C=[PH](/C=C/c1ccccc1CN)c1ccc(C#N)cc1. The summed E-state index contributed by atoms with van der Waals surface area (Å²) in [4.78, 5) is 0. The Morgan fingerprint density at radius 1 is 1.15 bits per heavy atom. The van der Waals surface area contributed by atoms with E-state index in [9.17, 15) is 0 Å². The smallest absolute Gasteiger partial charge is 0.0991 e. The Balaban J connectivity index is 2.18. The highest BCUT2D eigenvalue weighted by Gasteiger charge is 1.97. The van der Waals surface area contributed by atoms with Gasteiger partial charge in [0.05, 0.1) is 11.6 Å². The van der Waals surface area contributed by atoms with E-state index in [-0.39, 0.29) is 0 Å². The summed E-state index contributed by atoms with van der Waals surface area (Å²) in [5, 5.41) is 9.98. The quantitative estimate of drug-likeness (QED) is 0.875. The van der Waals surface area contributed by atoms with Crippen LogP contribution in [-0.4, -0.2) is 6.30 Å². The molecule has 0 saturated heterocycles. The van der Waals surface area contributed by atoms with Crippen LogP contribution in [0.2, 0.25) is 0 Å². The van der Waals surface area contributed by atoms with E-state index in [4.69, 9.17) is 11.0 Å². The van der Waals surface area contributed by atoms with Gasteiger partial charge in [-0.3, -0.25) is 0 Å². The average molecular weight is 280 g/mol. The maximum atomic E-state index is 8.79. The molecule has 0 bridgehead atoms. The monoisotopic (exact) mass is 280 g/mol. The molecule has 20 heavy (non-hydrogen) atoms. The van der Waals surface area contributed by atoms with E-state index >= 15 is 0 Å². The van der Waals surface area contributed by atoms with E-state index in [1.807, 2.05) is 42.5 Å². The van der Waals surface area contributed by atoms with E-state index in [0.29, 0.717) is 12.1 Å². The summed E-state index contributed by atoms with van der Waals surface area (Å²) in [6.45, 7) is 0.538. The highest BCUT2D eigenvalue weighted by atomic mass is 31.1. The molecule has 0 aliphatic carbocycles. The second-order valence-electron chi connectivity index (χ2n) is 4.45. The molecule has 0 radical (unpaired) electrons. The zero-order valence-electron chi connectivity index (χ0n) is 11.2. The maximum absolute atomic E-state index is 8.79. The van der Waals surface area contributed by atoms with Gasteiger partial charge >= 0.3 is 0 Å². The minimum Gasteiger partial charge on any atom is -0.326 e. The second-order valence-corrected chi connectivity index (χ2v) is 6.41. The minimum absolute atomic E-state index is 0.538. The van der Waals surface area contributed by atoms with Gasteiger partial charge in [-0.2, -0.15) is 5.26 Å². The van der Waals surface area contributed by atoms with Crippen molar-refractivity contribution >= 4 is 25.2 Å². The summed E-state index contributed by atoms with van der Waals surface area (Å²) in [5.41, 5.74) is 8.70. The molecule has 0 spiro atoms. The van der Waals surface area contributed by atoms with Crippen LogP contribution in [0, 0.1) is 11.3 Å². The number of hydrogen-bond donors (Lipinski definition) is 1. The lowest BCUT2D eigenvalue weighted by Crippen LogP contribution is -1.98. The number of nitrogens with two attached hydrogens (primary N) is 1. The van der Waals surface area contributed by atoms with E-state index in [0.717, 1.165) is 11.1 Å². The number of nitrogens with zero attached hydrogens (tertiary/aromatic N) is 1. The number of rotatable bonds is 4. The highest BCUT2D eigenvalue weighted by Crippen LogP contribution is 2.23. The Labute approximate surface area is 120 Å². The van der Waals surface area contributed by atoms with Crippen LogP contribution in [0.3, 0.4) is 0 Å². The van der Waals surface area contributed by atoms with Crippen molar-refractivity contribution in [3.63, 3.8) is 0 Å². The first-order valence-corrected chi connectivity index (χ1v) is 8.18. The summed E-state index contributed by atoms with van der Waals surface area (Å²) in [6, 6.07) is 17.9. The minimum atomic E-state index is -0.995. The molecule has 2 nitrogen and oxygen atoms in total. The van der Waals surface area contributed by atoms with Crippen LogP contribution in [0.15, 0.2) is 54.3 Å².